The highest BCUT2D eigenvalue weighted by molar-refractivity contribution is 7.99. The van der Waals surface area contributed by atoms with Gasteiger partial charge in [0.15, 0.2) is 5.16 Å². The van der Waals surface area contributed by atoms with Crippen LogP contribution in [0.15, 0.2) is 47.6 Å². The summed E-state index contributed by atoms with van der Waals surface area (Å²) >= 11 is 7.48. The first-order chi connectivity index (χ1) is 13.1. The predicted octanol–water partition coefficient (Wildman–Crippen LogP) is 4.63. The number of carbonyl (C=O) groups excluding carboxylic acids is 1. The Kier molecular flexibility index (Phi) is 6.77. The SMILES string of the molecule is CCc1ccc(NC(=O)CSc2nc3cc(Cl)ccc3n2CCOC)cc1. The van der Waals surface area contributed by atoms with E-state index >= 15 is 0 Å². The molecule has 3 aromatic rings. The van der Waals surface area contributed by atoms with Crippen molar-refractivity contribution in [3.05, 3.63) is 53.1 Å². The molecule has 1 amide bonds. The number of carbonyl (C=O) groups is 1. The molecular weight excluding hydrogens is 382 g/mol. The zero-order valence-corrected chi connectivity index (χ0v) is 16.9. The van der Waals surface area contributed by atoms with E-state index in [0.717, 1.165) is 28.3 Å². The topological polar surface area (TPSA) is 56.2 Å². The molecular formula is C20H22ClN3O2S. The maximum absolute atomic E-state index is 12.3. The van der Waals surface area contributed by atoms with Crippen molar-refractivity contribution in [3.8, 4) is 0 Å². The number of methoxy groups -OCH3 is 1. The number of hydrogen-bond donors (Lipinski definition) is 1. The normalized spacial score (nSPS) is 11.1. The molecule has 0 aliphatic heterocycles. The Labute approximate surface area is 168 Å². The third-order valence-corrected chi connectivity index (χ3v) is 5.38. The fraction of sp³-hybridized carbons (Fsp3) is 0.300. The number of benzene rings is 2. The number of amides is 1. The molecule has 0 atom stereocenters. The van der Waals surface area contributed by atoms with E-state index in [2.05, 4.69) is 21.8 Å². The summed E-state index contributed by atoms with van der Waals surface area (Å²) in [6, 6.07) is 13.5. The Morgan fingerprint density at radius 2 is 2.04 bits per heavy atom. The lowest BCUT2D eigenvalue weighted by molar-refractivity contribution is -0.113. The molecule has 0 radical (unpaired) electrons. The Hall–Kier alpha value is -2.02. The molecule has 0 saturated heterocycles. The smallest absolute Gasteiger partial charge is 0.234 e. The number of aromatic nitrogens is 2. The molecule has 0 unspecified atom stereocenters. The first-order valence-electron chi connectivity index (χ1n) is 8.77. The van der Waals surface area contributed by atoms with E-state index in [1.807, 2.05) is 42.5 Å². The van der Waals surface area contributed by atoms with Crippen LogP contribution in [-0.4, -0.2) is 34.9 Å². The van der Waals surface area contributed by atoms with Crippen LogP contribution in [0.25, 0.3) is 11.0 Å². The second kappa shape index (κ2) is 9.26. The zero-order valence-electron chi connectivity index (χ0n) is 15.4. The van der Waals surface area contributed by atoms with Crippen LogP contribution in [0.4, 0.5) is 5.69 Å². The van der Waals surface area contributed by atoms with Crippen molar-refractivity contribution in [2.45, 2.75) is 25.0 Å². The number of rotatable bonds is 8. The third kappa shape index (κ3) is 5.03. The van der Waals surface area contributed by atoms with Crippen molar-refractivity contribution in [1.82, 2.24) is 9.55 Å². The minimum atomic E-state index is -0.0624. The van der Waals surface area contributed by atoms with Gasteiger partial charge in [-0.3, -0.25) is 4.79 Å². The van der Waals surface area contributed by atoms with Crippen molar-refractivity contribution < 1.29 is 9.53 Å². The first-order valence-corrected chi connectivity index (χ1v) is 10.1. The van der Waals surface area contributed by atoms with Gasteiger partial charge in [0.1, 0.15) is 0 Å². The largest absolute Gasteiger partial charge is 0.383 e. The lowest BCUT2D eigenvalue weighted by Crippen LogP contribution is -2.15. The van der Waals surface area contributed by atoms with Crippen LogP contribution in [0.2, 0.25) is 5.02 Å². The van der Waals surface area contributed by atoms with Crippen LogP contribution >= 0.6 is 23.4 Å². The summed E-state index contributed by atoms with van der Waals surface area (Å²) in [4.78, 5) is 17.0. The second-order valence-electron chi connectivity index (χ2n) is 6.06. The predicted molar refractivity (Wildman–Crippen MR) is 112 cm³/mol. The number of hydrogen-bond acceptors (Lipinski definition) is 4. The molecule has 1 heterocycles. The second-order valence-corrected chi connectivity index (χ2v) is 7.44. The molecule has 2 aromatic carbocycles. The Morgan fingerprint density at radius 1 is 1.26 bits per heavy atom. The van der Waals surface area contributed by atoms with E-state index in [1.54, 1.807) is 7.11 Å². The minimum Gasteiger partial charge on any atom is -0.383 e. The maximum atomic E-state index is 12.3. The number of nitrogens with zero attached hydrogens (tertiary/aromatic N) is 2. The average molecular weight is 404 g/mol. The molecule has 3 rings (SSSR count). The first kappa shape index (κ1) is 19.7. The van der Waals surface area contributed by atoms with Gasteiger partial charge >= 0.3 is 0 Å². The van der Waals surface area contributed by atoms with Crippen molar-refractivity contribution in [2.24, 2.45) is 0 Å². The van der Waals surface area contributed by atoms with Crippen LogP contribution < -0.4 is 5.32 Å². The fourth-order valence-electron chi connectivity index (χ4n) is 2.74. The number of ether oxygens (including phenoxy) is 1. The van der Waals surface area contributed by atoms with Crippen molar-refractivity contribution in [2.75, 3.05) is 24.8 Å². The molecule has 7 heteroatoms. The Balaban J connectivity index is 1.70. The highest BCUT2D eigenvalue weighted by atomic mass is 35.5. The molecule has 142 valence electrons. The van der Waals surface area contributed by atoms with E-state index in [-0.39, 0.29) is 11.7 Å². The van der Waals surface area contributed by atoms with Gasteiger partial charge in [-0.25, -0.2) is 4.98 Å². The lowest BCUT2D eigenvalue weighted by atomic mass is 10.1. The summed E-state index contributed by atoms with van der Waals surface area (Å²) in [5.74, 6) is 0.215. The van der Waals surface area contributed by atoms with Crippen molar-refractivity contribution >= 4 is 46.0 Å². The van der Waals surface area contributed by atoms with Crippen LogP contribution in [0.5, 0.6) is 0 Å². The lowest BCUT2D eigenvalue weighted by Gasteiger charge is -2.09. The van der Waals surface area contributed by atoms with Gasteiger partial charge in [0, 0.05) is 24.4 Å². The van der Waals surface area contributed by atoms with E-state index in [4.69, 9.17) is 16.3 Å². The maximum Gasteiger partial charge on any atom is 0.234 e. The van der Waals surface area contributed by atoms with E-state index in [9.17, 15) is 4.79 Å². The molecule has 0 aliphatic rings. The third-order valence-electron chi connectivity index (χ3n) is 4.17. The quantitative estimate of drug-likeness (QED) is 0.557. The van der Waals surface area contributed by atoms with Gasteiger partial charge in [-0.15, -0.1) is 0 Å². The zero-order chi connectivity index (χ0) is 19.2. The standard InChI is InChI=1S/C20H22ClN3O2S/c1-3-14-4-7-16(8-5-14)22-19(25)13-27-20-23-17-12-15(21)6-9-18(17)24(20)10-11-26-2/h4-9,12H,3,10-11,13H2,1-2H3,(H,22,25). The number of fused-ring (bicyclic) bond motifs is 1. The summed E-state index contributed by atoms with van der Waals surface area (Å²) in [7, 11) is 1.67. The van der Waals surface area contributed by atoms with Gasteiger partial charge in [-0.2, -0.15) is 0 Å². The van der Waals surface area contributed by atoms with Crippen molar-refractivity contribution in [3.63, 3.8) is 0 Å². The number of aryl methyl sites for hydroxylation is 1. The van der Waals surface area contributed by atoms with Gasteiger partial charge in [-0.1, -0.05) is 42.4 Å². The molecule has 0 spiro atoms. The summed E-state index contributed by atoms with van der Waals surface area (Å²) in [5, 5.41) is 4.35. The number of thioether (sulfide) groups is 1. The van der Waals surface area contributed by atoms with E-state index < -0.39 is 0 Å². The highest BCUT2D eigenvalue weighted by Crippen LogP contribution is 2.26. The summed E-state index contributed by atoms with van der Waals surface area (Å²) < 4.78 is 7.26. The molecule has 27 heavy (non-hydrogen) atoms. The summed E-state index contributed by atoms with van der Waals surface area (Å²) in [5.41, 5.74) is 3.84. The summed E-state index contributed by atoms with van der Waals surface area (Å²) in [6.45, 7) is 3.34. The van der Waals surface area contributed by atoms with E-state index in [0.29, 0.717) is 18.2 Å². The minimum absolute atomic E-state index is 0.0624. The number of nitrogens with one attached hydrogen (secondary N) is 1. The molecule has 0 saturated carbocycles. The van der Waals surface area contributed by atoms with Crippen molar-refractivity contribution in [1.29, 1.82) is 0 Å². The molecule has 0 bridgehead atoms. The molecule has 0 aliphatic carbocycles. The van der Waals surface area contributed by atoms with Gasteiger partial charge in [-0.05, 0) is 42.3 Å². The highest BCUT2D eigenvalue weighted by Gasteiger charge is 2.13. The van der Waals surface area contributed by atoms with Gasteiger partial charge in [0.2, 0.25) is 5.91 Å². The van der Waals surface area contributed by atoms with E-state index in [1.165, 1.54) is 17.3 Å². The Morgan fingerprint density at radius 3 is 2.74 bits per heavy atom. The van der Waals surface area contributed by atoms with Crippen LogP contribution in [0.1, 0.15) is 12.5 Å². The van der Waals surface area contributed by atoms with Crippen LogP contribution in [0, 0.1) is 0 Å². The molecule has 5 nitrogen and oxygen atoms in total. The summed E-state index contributed by atoms with van der Waals surface area (Å²) in [6.07, 6.45) is 0.978. The number of halogens is 1. The molecule has 1 N–H and O–H groups in total. The van der Waals surface area contributed by atoms with Gasteiger partial charge < -0.3 is 14.6 Å². The number of imidazole rings is 1. The molecule has 0 fully saturated rings. The van der Waals surface area contributed by atoms with Crippen LogP contribution in [0.3, 0.4) is 0 Å². The fourth-order valence-corrected chi connectivity index (χ4v) is 3.75. The molecule has 1 aromatic heterocycles. The number of anilines is 1. The average Bonchev–Trinajstić information content (AvgIpc) is 3.01. The Bertz CT molecular complexity index is 925. The van der Waals surface area contributed by atoms with Crippen LogP contribution in [-0.2, 0) is 22.5 Å². The monoisotopic (exact) mass is 403 g/mol. The van der Waals surface area contributed by atoms with Gasteiger partial charge in [0.25, 0.3) is 0 Å². The van der Waals surface area contributed by atoms with Gasteiger partial charge in [0.05, 0.1) is 23.4 Å².